The monoisotopic (exact) mass is 270 g/mol. The van der Waals surface area contributed by atoms with Gasteiger partial charge in [-0.25, -0.2) is 0 Å². The summed E-state index contributed by atoms with van der Waals surface area (Å²) in [7, 11) is 0. The second kappa shape index (κ2) is 5.06. The zero-order valence-corrected chi connectivity index (χ0v) is 12.1. The first-order chi connectivity index (χ1) is 9.65. The van der Waals surface area contributed by atoms with Crippen LogP contribution in [0.1, 0.15) is 43.0 Å². The Labute approximate surface area is 119 Å². The van der Waals surface area contributed by atoms with Gasteiger partial charge in [-0.05, 0) is 37.4 Å². The lowest BCUT2D eigenvalue weighted by atomic mass is 9.87. The zero-order valence-electron chi connectivity index (χ0n) is 12.1. The summed E-state index contributed by atoms with van der Waals surface area (Å²) in [5.74, 6) is 0.245. The number of carbonyl (C=O) groups is 1. The molecule has 2 aromatic rings. The molecule has 3 nitrogen and oxygen atoms in total. The highest BCUT2D eigenvalue weighted by Gasteiger charge is 2.37. The van der Waals surface area contributed by atoms with Crippen molar-refractivity contribution >= 4 is 16.8 Å². The Bertz CT molecular complexity index is 635. The lowest BCUT2D eigenvalue weighted by molar-refractivity contribution is 0.0735. The van der Waals surface area contributed by atoms with Crippen LogP contribution in [0, 0.1) is 5.41 Å². The smallest absolute Gasteiger partial charge is 0.237 e. The fourth-order valence-corrected chi connectivity index (χ4v) is 3.43. The summed E-state index contributed by atoms with van der Waals surface area (Å²) in [6, 6.07) is 8.14. The maximum absolute atomic E-state index is 12.9. The van der Waals surface area contributed by atoms with Crippen LogP contribution >= 0.6 is 0 Å². The molecular formula is C17H22N2O. The quantitative estimate of drug-likeness (QED) is 0.929. The number of hydrogen-bond acceptors (Lipinski definition) is 2. The Hall–Kier alpha value is -1.61. The fraction of sp³-hybridized carbons (Fsp3) is 0.471. The number of benzene rings is 1. The minimum absolute atomic E-state index is 0.193. The van der Waals surface area contributed by atoms with E-state index in [1.54, 1.807) is 0 Å². The molecule has 1 fully saturated rings. The third-order valence-electron chi connectivity index (χ3n) is 4.65. The minimum atomic E-state index is -0.193. The predicted molar refractivity (Wildman–Crippen MR) is 81.9 cm³/mol. The lowest BCUT2D eigenvalue weighted by Crippen LogP contribution is -2.29. The molecule has 0 saturated heterocycles. The van der Waals surface area contributed by atoms with Gasteiger partial charge in [0.1, 0.15) is 0 Å². The molecule has 1 saturated carbocycles. The molecule has 0 aliphatic heterocycles. The van der Waals surface area contributed by atoms with Crippen LogP contribution in [0.5, 0.6) is 0 Å². The van der Waals surface area contributed by atoms with Crippen LogP contribution in [0.4, 0.5) is 0 Å². The van der Waals surface area contributed by atoms with Gasteiger partial charge in [-0.1, -0.05) is 38.0 Å². The van der Waals surface area contributed by atoms with E-state index in [4.69, 9.17) is 5.73 Å². The van der Waals surface area contributed by atoms with Gasteiger partial charge in [0.25, 0.3) is 0 Å². The topological polar surface area (TPSA) is 48.0 Å². The number of nitrogens with zero attached hydrogens (tertiary/aromatic N) is 1. The molecule has 0 atom stereocenters. The first kappa shape index (κ1) is 13.4. The van der Waals surface area contributed by atoms with E-state index < -0.39 is 0 Å². The third-order valence-corrected chi connectivity index (χ3v) is 4.65. The van der Waals surface area contributed by atoms with Gasteiger partial charge in [-0.15, -0.1) is 0 Å². The van der Waals surface area contributed by atoms with E-state index in [0.29, 0.717) is 6.54 Å². The van der Waals surface area contributed by atoms with E-state index >= 15 is 0 Å². The molecule has 106 valence electrons. The Morgan fingerprint density at radius 3 is 2.70 bits per heavy atom. The van der Waals surface area contributed by atoms with E-state index in [1.807, 2.05) is 29.0 Å². The molecule has 0 spiro atoms. The van der Waals surface area contributed by atoms with Gasteiger partial charge in [0.15, 0.2) is 0 Å². The van der Waals surface area contributed by atoms with Crippen LogP contribution in [-0.4, -0.2) is 17.0 Å². The van der Waals surface area contributed by atoms with Crippen molar-refractivity contribution in [3.05, 3.63) is 36.0 Å². The van der Waals surface area contributed by atoms with Crippen LogP contribution < -0.4 is 5.73 Å². The predicted octanol–water partition coefficient (Wildman–Crippen LogP) is 3.36. The summed E-state index contributed by atoms with van der Waals surface area (Å²) in [5.41, 5.74) is 7.70. The largest absolute Gasteiger partial charge is 0.330 e. The first-order valence-electron chi connectivity index (χ1n) is 7.49. The molecule has 2 N–H and O–H groups in total. The van der Waals surface area contributed by atoms with E-state index in [0.717, 1.165) is 43.0 Å². The number of carbonyl (C=O) groups excluding carboxylic acids is 1. The van der Waals surface area contributed by atoms with E-state index in [-0.39, 0.29) is 11.3 Å². The highest BCUT2D eigenvalue weighted by Crippen LogP contribution is 2.40. The number of aromatic nitrogens is 1. The molecule has 3 rings (SSSR count). The van der Waals surface area contributed by atoms with Crippen molar-refractivity contribution in [2.75, 3.05) is 6.54 Å². The van der Waals surface area contributed by atoms with Gasteiger partial charge in [0.2, 0.25) is 5.91 Å². The Balaban J connectivity index is 2.09. The van der Waals surface area contributed by atoms with Gasteiger partial charge in [-0.3, -0.25) is 9.36 Å². The van der Waals surface area contributed by atoms with Crippen molar-refractivity contribution in [2.45, 2.75) is 39.0 Å². The average Bonchev–Trinajstić information content (AvgIpc) is 3.05. The molecule has 1 aliphatic carbocycles. The molecule has 3 heteroatoms. The molecule has 0 unspecified atom stereocenters. The molecule has 1 aromatic carbocycles. The highest BCUT2D eigenvalue weighted by atomic mass is 16.2. The average molecular weight is 270 g/mol. The van der Waals surface area contributed by atoms with Crippen LogP contribution in [-0.2, 0) is 6.42 Å². The zero-order chi connectivity index (χ0) is 14.2. The number of para-hydroxylation sites is 1. The van der Waals surface area contributed by atoms with Crippen molar-refractivity contribution in [1.82, 2.24) is 4.57 Å². The van der Waals surface area contributed by atoms with Crippen molar-refractivity contribution in [3.8, 4) is 0 Å². The van der Waals surface area contributed by atoms with Gasteiger partial charge in [0, 0.05) is 17.0 Å². The van der Waals surface area contributed by atoms with Gasteiger partial charge in [0.05, 0.1) is 5.52 Å². The molecule has 0 radical (unpaired) electrons. The summed E-state index contributed by atoms with van der Waals surface area (Å²) in [4.78, 5) is 12.9. The molecule has 1 aliphatic rings. The van der Waals surface area contributed by atoms with Gasteiger partial charge < -0.3 is 5.73 Å². The molecule has 20 heavy (non-hydrogen) atoms. The van der Waals surface area contributed by atoms with Crippen LogP contribution in [0.3, 0.4) is 0 Å². The SMILES string of the molecule is CC1(C(=O)n2cc(CCN)c3ccccc32)CCCC1. The van der Waals surface area contributed by atoms with E-state index in [2.05, 4.69) is 13.0 Å². The minimum Gasteiger partial charge on any atom is -0.330 e. The standard InChI is InChI=1S/C17H22N2O/c1-17(9-4-5-10-17)16(20)19-12-13(8-11-18)14-6-2-3-7-15(14)19/h2-3,6-7,12H,4-5,8-11,18H2,1H3. The van der Waals surface area contributed by atoms with Crippen molar-refractivity contribution in [2.24, 2.45) is 11.1 Å². The molecule has 0 amide bonds. The maximum atomic E-state index is 12.9. The second-order valence-corrected chi connectivity index (χ2v) is 6.15. The maximum Gasteiger partial charge on any atom is 0.237 e. The molecular weight excluding hydrogens is 248 g/mol. The van der Waals surface area contributed by atoms with E-state index in [1.165, 1.54) is 5.56 Å². The van der Waals surface area contributed by atoms with Crippen LogP contribution in [0.15, 0.2) is 30.5 Å². The summed E-state index contributed by atoms with van der Waals surface area (Å²) in [5, 5.41) is 1.16. The lowest BCUT2D eigenvalue weighted by Gasteiger charge is -2.22. The third kappa shape index (κ3) is 2.06. The second-order valence-electron chi connectivity index (χ2n) is 6.15. The number of hydrogen-bond donors (Lipinski definition) is 1. The fourth-order valence-electron chi connectivity index (χ4n) is 3.43. The number of nitrogens with two attached hydrogens (primary N) is 1. The molecule has 0 bridgehead atoms. The highest BCUT2D eigenvalue weighted by molar-refractivity contribution is 5.96. The van der Waals surface area contributed by atoms with E-state index in [9.17, 15) is 4.79 Å². The van der Waals surface area contributed by atoms with Gasteiger partial charge in [-0.2, -0.15) is 0 Å². The normalized spacial score (nSPS) is 17.7. The van der Waals surface area contributed by atoms with Crippen LogP contribution in [0.25, 0.3) is 10.9 Å². The number of rotatable bonds is 3. The summed E-state index contributed by atoms with van der Waals surface area (Å²) in [6.45, 7) is 2.72. The number of fused-ring (bicyclic) bond motifs is 1. The summed E-state index contributed by atoms with van der Waals surface area (Å²) >= 11 is 0. The first-order valence-corrected chi connectivity index (χ1v) is 7.49. The van der Waals surface area contributed by atoms with Crippen molar-refractivity contribution in [3.63, 3.8) is 0 Å². The summed E-state index contributed by atoms with van der Waals surface area (Å²) in [6.07, 6.45) is 7.16. The Kier molecular flexibility index (Phi) is 3.38. The van der Waals surface area contributed by atoms with Crippen molar-refractivity contribution in [1.29, 1.82) is 0 Å². The Morgan fingerprint density at radius 1 is 1.30 bits per heavy atom. The van der Waals surface area contributed by atoms with Gasteiger partial charge >= 0.3 is 0 Å². The van der Waals surface area contributed by atoms with Crippen LogP contribution in [0.2, 0.25) is 0 Å². The molecule has 1 aromatic heterocycles. The molecule has 1 heterocycles. The summed E-state index contributed by atoms with van der Waals surface area (Å²) < 4.78 is 1.87. The Morgan fingerprint density at radius 2 is 2.00 bits per heavy atom. The van der Waals surface area contributed by atoms with Crippen molar-refractivity contribution < 1.29 is 4.79 Å².